The number of alkyl halides is 2. The highest BCUT2D eigenvalue weighted by molar-refractivity contribution is 14.0. The van der Waals surface area contributed by atoms with Gasteiger partial charge in [0.25, 0.3) is 0 Å². The van der Waals surface area contributed by atoms with E-state index in [1.807, 2.05) is 25.5 Å². The molecule has 0 spiro atoms. The van der Waals surface area contributed by atoms with Crippen molar-refractivity contribution < 1.29 is 18.3 Å². The third-order valence-electron chi connectivity index (χ3n) is 4.52. The van der Waals surface area contributed by atoms with Crippen molar-refractivity contribution in [1.29, 1.82) is 0 Å². The third kappa shape index (κ3) is 8.79. The Morgan fingerprint density at radius 1 is 1.22 bits per heavy atom. The molecule has 2 rings (SSSR count). The first-order chi connectivity index (χ1) is 14.8. The Bertz CT molecular complexity index is 861. The van der Waals surface area contributed by atoms with Gasteiger partial charge in [-0.3, -0.25) is 4.68 Å². The fourth-order valence-corrected chi connectivity index (χ4v) is 3.17. The van der Waals surface area contributed by atoms with Gasteiger partial charge in [0.1, 0.15) is 0 Å². The van der Waals surface area contributed by atoms with E-state index in [2.05, 4.69) is 33.7 Å². The van der Waals surface area contributed by atoms with E-state index >= 15 is 0 Å². The normalized spacial score (nSPS) is 12.3. The number of ether oxygens (including phenoxy) is 2. The summed E-state index contributed by atoms with van der Waals surface area (Å²) in [7, 11) is 0. The van der Waals surface area contributed by atoms with Crippen LogP contribution in [0.5, 0.6) is 11.5 Å². The molecule has 1 atom stereocenters. The van der Waals surface area contributed by atoms with Crippen LogP contribution in [0.25, 0.3) is 0 Å². The molecule has 0 radical (unpaired) electrons. The lowest BCUT2D eigenvalue weighted by atomic mass is 10.2. The summed E-state index contributed by atoms with van der Waals surface area (Å²) in [6.45, 7) is 9.65. The molecule has 0 saturated carbocycles. The number of benzene rings is 1. The van der Waals surface area contributed by atoms with Crippen LogP contribution in [0.4, 0.5) is 8.78 Å². The van der Waals surface area contributed by atoms with Gasteiger partial charge in [-0.2, -0.15) is 13.9 Å². The lowest BCUT2D eigenvalue weighted by Crippen LogP contribution is -2.40. The van der Waals surface area contributed by atoms with Gasteiger partial charge in [-0.1, -0.05) is 19.1 Å². The molecule has 1 aromatic heterocycles. The molecule has 0 aliphatic carbocycles. The van der Waals surface area contributed by atoms with Crippen LogP contribution in [-0.4, -0.2) is 42.0 Å². The summed E-state index contributed by atoms with van der Waals surface area (Å²) in [4.78, 5) is 4.55. The lowest BCUT2D eigenvalue weighted by molar-refractivity contribution is -0.0520. The number of aromatic nitrogens is 2. The number of nitrogens with zero attached hydrogens (tertiary/aromatic N) is 3. The monoisotopic (exact) mass is 565 g/mol. The second-order valence-corrected chi connectivity index (χ2v) is 7.35. The van der Waals surface area contributed by atoms with Crippen LogP contribution in [0.15, 0.2) is 29.3 Å². The summed E-state index contributed by atoms with van der Waals surface area (Å²) in [5, 5.41) is 11.0. The zero-order chi connectivity index (χ0) is 22.8. The maximum Gasteiger partial charge on any atom is 0.387 e. The van der Waals surface area contributed by atoms with Gasteiger partial charge in [0.2, 0.25) is 0 Å². The number of para-hydroxylation sites is 1. The zero-order valence-electron chi connectivity index (χ0n) is 19.3. The number of aliphatic imine (C=N–C) groups is 1. The summed E-state index contributed by atoms with van der Waals surface area (Å²) in [5.74, 6) is 1.22. The van der Waals surface area contributed by atoms with Gasteiger partial charge >= 0.3 is 6.61 Å². The summed E-state index contributed by atoms with van der Waals surface area (Å²) in [5.41, 5.74) is 2.66. The Morgan fingerprint density at radius 2 is 1.97 bits per heavy atom. The summed E-state index contributed by atoms with van der Waals surface area (Å²) in [6, 6.07) is 7.11. The van der Waals surface area contributed by atoms with Crippen LogP contribution in [-0.2, 0) is 13.1 Å². The van der Waals surface area contributed by atoms with Gasteiger partial charge in [-0.15, -0.1) is 24.0 Å². The van der Waals surface area contributed by atoms with Crippen LogP contribution < -0.4 is 20.1 Å². The van der Waals surface area contributed by atoms with Crippen LogP contribution >= 0.6 is 24.0 Å². The smallest absolute Gasteiger partial charge is 0.387 e. The Balaban J connectivity index is 0.00000512. The minimum atomic E-state index is -2.94. The topological polar surface area (TPSA) is 72.7 Å². The standard InChI is InChI=1S/C22H33F2N5O2.HI/c1-6-25-22(26-12-15(3)14-29-17(5)11-16(4)28-29)27-13-18-9-8-10-19(30-7-2)20(18)31-21(23)24;/h8-11,15,21H,6-7,12-14H2,1-5H3,(H2,25,26,27);1H. The molecule has 180 valence electrons. The van der Waals surface area contributed by atoms with Crippen molar-refractivity contribution >= 4 is 29.9 Å². The maximum absolute atomic E-state index is 12.9. The molecule has 2 aromatic rings. The minimum Gasteiger partial charge on any atom is -0.490 e. The third-order valence-corrected chi connectivity index (χ3v) is 4.52. The highest BCUT2D eigenvalue weighted by Gasteiger charge is 2.16. The number of guanidine groups is 1. The lowest BCUT2D eigenvalue weighted by Gasteiger charge is -2.17. The quantitative estimate of drug-likeness (QED) is 0.239. The van der Waals surface area contributed by atoms with Crippen molar-refractivity contribution in [2.75, 3.05) is 19.7 Å². The second-order valence-electron chi connectivity index (χ2n) is 7.35. The van der Waals surface area contributed by atoms with E-state index in [0.29, 0.717) is 37.1 Å². The van der Waals surface area contributed by atoms with Crippen molar-refractivity contribution in [3.63, 3.8) is 0 Å². The van der Waals surface area contributed by atoms with Gasteiger partial charge in [-0.25, -0.2) is 4.99 Å². The minimum absolute atomic E-state index is 0. The first-order valence-electron chi connectivity index (χ1n) is 10.6. The number of hydrogen-bond donors (Lipinski definition) is 2. The van der Waals surface area contributed by atoms with E-state index in [0.717, 1.165) is 17.9 Å². The highest BCUT2D eigenvalue weighted by Crippen LogP contribution is 2.33. The molecule has 7 nitrogen and oxygen atoms in total. The van der Waals surface area contributed by atoms with Gasteiger partial charge in [0, 0.05) is 30.9 Å². The SMILES string of the molecule is CCNC(=NCc1cccc(OCC)c1OC(F)F)NCC(C)Cn1nc(C)cc1C.I. The average Bonchev–Trinajstić information content (AvgIpc) is 3.02. The zero-order valence-corrected chi connectivity index (χ0v) is 21.7. The van der Waals surface area contributed by atoms with Crippen molar-refractivity contribution in [3.8, 4) is 11.5 Å². The van der Waals surface area contributed by atoms with Crippen LogP contribution in [0.2, 0.25) is 0 Å². The molecule has 0 bridgehead atoms. The Kier molecular flexibility index (Phi) is 12.3. The van der Waals surface area contributed by atoms with Crippen molar-refractivity contribution in [2.24, 2.45) is 10.9 Å². The van der Waals surface area contributed by atoms with Crippen molar-refractivity contribution in [2.45, 2.75) is 54.3 Å². The molecule has 0 aliphatic rings. The second kappa shape index (κ2) is 14.1. The molecule has 0 fully saturated rings. The molecular weight excluding hydrogens is 531 g/mol. The average molecular weight is 565 g/mol. The summed E-state index contributed by atoms with van der Waals surface area (Å²) < 4.78 is 38.0. The molecule has 0 aliphatic heterocycles. The molecule has 0 amide bonds. The molecule has 1 heterocycles. The van der Waals surface area contributed by atoms with Gasteiger partial charge in [0.15, 0.2) is 17.5 Å². The van der Waals surface area contributed by atoms with Crippen LogP contribution in [0, 0.1) is 19.8 Å². The number of hydrogen-bond acceptors (Lipinski definition) is 4. The van der Waals surface area contributed by atoms with E-state index in [9.17, 15) is 8.78 Å². The van der Waals surface area contributed by atoms with Gasteiger partial charge in [-0.05, 0) is 45.7 Å². The van der Waals surface area contributed by atoms with Crippen molar-refractivity contribution in [1.82, 2.24) is 20.4 Å². The Hall–Kier alpha value is -2.11. The molecule has 32 heavy (non-hydrogen) atoms. The van der Waals surface area contributed by atoms with E-state index in [-0.39, 0.29) is 42.0 Å². The molecule has 2 N–H and O–H groups in total. The van der Waals surface area contributed by atoms with E-state index < -0.39 is 6.61 Å². The maximum atomic E-state index is 12.9. The van der Waals surface area contributed by atoms with Crippen LogP contribution in [0.3, 0.4) is 0 Å². The molecule has 1 aromatic carbocycles. The van der Waals surface area contributed by atoms with Gasteiger partial charge < -0.3 is 20.1 Å². The number of halogens is 3. The fraction of sp³-hybridized carbons (Fsp3) is 0.545. The molecule has 1 unspecified atom stereocenters. The molecule has 0 saturated heterocycles. The highest BCUT2D eigenvalue weighted by atomic mass is 127. The predicted octanol–water partition coefficient (Wildman–Crippen LogP) is 4.51. The first-order valence-corrected chi connectivity index (χ1v) is 10.6. The van der Waals surface area contributed by atoms with Crippen molar-refractivity contribution in [3.05, 3.63) is 41.2 Å². The van der Waals surface area contributed by atoms with E-state index in [1.165, 1.54) is 0 Å². The van der Waals surface area contributed by atoms with E-state index in [1.54, 1.807) is 25.1 Å². The Morgan fingerprint density at radius 3 is 2.56 bits per heavy atom. The summed E-state index contributed by atoms with van der Waals surface area (Å²) >= 11 is 0. The van der Waals surface area contributed by atoms with Gasteiger partial charge in [0.05, 0.1) is 18.8 Å². The number of aryl methyl sites for hydroxylation is 2. The number of nitrogens with one attached hydrogen (secondary N) is 2. The summed E-state index contributed by atoms with van der Waals surface area (Å²) in [6.07, 6.45) is 0. The number of rotatable bonds is 11. The predicted molar refractivity (Wildman–Crippen MR) is 133 cm³/mol. The fourth-order valence-electron chi connectivity index (χ4n) is 3.17. The largest absolute Gasteiger partial charge is 0.490 e. The first kappa shape index (κ1) is 27.9. The van der Waals surface area contributed by atoms with Crippen LogP contribution in [0.1, 0.15) is 37.7 Å². The molecule has 10 heteroatoms. The Labute approximate surface area is 206 Å². The molecular formula is C22H34F2IN5O2. The van der Waals surface area contributed by atoms with E-state index in [4.69, 9.17) is 9.47 Å².